The molecule has 20 heavy (non-hydrogen) atoms. The lowest BCUT2D eigenvalue weighted by atomic mass is 10.2. The number of aromatic nitrogens is 2. The number of para-hydroxylation sites is 1. The molecule has 0 saturated carbocycles. The minimum absolute atomic E-state index is 0.725. The molecule has 0 saturated heterocycles. The van der Waals surface area contributed by atoms with Crippen LogP contribution in [-0.2, 0) is 11.2 Å². The van der Waals surface area contributed by atoms with E-state index < -0.39 is 0 Å². The summed E-state index contributed by atoms with van der Waals surface area (Å²) in [5.74, 6) is 0.827. The van der Waals surface area contributed by atoms with Gasteiger partial charge >= 0.3 is 0 Å². The van der Waals surface area contributed by atoms with Gasteiger partial charge in [0.25, 0.3) is 0 Å². The van der Waals surface area contributed by atoms with Crippen LogP contribution >= 0.6 is 11.3 Å². The first-order chi connectivity index (χ1) is 9.85. The van der Waals surface area contributed by atoms with Crippen molar-refractivity contribution in [2.75, 3.05) is 33.9 Å². The number of nitrogens with zero attached hydrogens (tertiary/aromatic N) is 2. The molecule has 0 amide bonds. The standard InChI is InChI=1S/C14H19N3O2S/c1-18-10-9-15-8-7-13-16-17-14(20-13)11-5-3-4-6-12(11)19-2/h3-6,15H,7-10H2,1-2H3. The fourth-order valence-corrected chi connectivity index (χ4v) is 2.65. The van der Waals surface area contributed by atoms with E-state index in [2.05, 4.69) is 15.5 Å². The highest BCUT2D eigenvalue weighted by Crippen LogP contribution is 2.31. The van der Waals surface area contributed by atoms with Gasteiger partial charge in [0, 0.05) is 26.6 Å². The molecule has 0 aliphatic rings. The largest absolute Gasteiger partial charge is 0.496 e. The van der Waals surface area contributed by atoms with Gasteiger partial charge in [0.1, 0.15) is 10.8 Å². The van der Waals surface area contributed by atoms with Crippen LogP contribution in [0.5, 0.6) is 5.75 Å². The summed E-state index contributed by atoms with van der Waals surface area (Å²) in [6, 6.07) is 7.86. The summed E-state index contributed by atoms with van der Waals surface area (Å²) in [7, 11) is 3.37. The van der Waals surface area contributed by atoms with Crippen molar-refractivity contribution < 1.29 is 9.47 Å². The molecule has 108 valence electrons. The zero-order valence-electron chi connectivity index (χ0n) is 11.8. The van der Waals surface area contributed by atoms with Crippen molar-refractivity contribution in [2.45, 2.75) is 6.42 Å². The molecule has 2 aromatic rings. The van der Waals surface area contributed by atoms with Gasteiger partial charge in [-0.1, -0.05) is 23.5 Å². The maximum absolute atomic E-state index is 5.35. The van der Waals surface area contributed by atoms with E-state index >= 15 is 0 Å². The van der Waals surface area contributed by atoms with Crippen molar-refractivity contribution in [1.29, 1.82) is 0 Å². The predicted octanol–water partition coefficient (Wildman–Crippen LogP) is 1.99. The van der Waals surface area contributed by atoms with E-state index in [1.165, 1.54) is 0 Å². The summed E-state index contributed by atoms with van der Waals surface area (Å²) in [6.07, 6.45) is 0.872. The molecule has 0 atom stereocenters. The molecule has 0 spiro atoms. The number of methoxy groups -OCH3 is 2. The molecule has 2 rings (SSSR count). The molecular formula is C14H19N3O2S. The highest BCUT2D eigenvalue weighted by molar-refractivity contribution is 7.14. The van der Waals surface area contributed by atoms with E-state index in [-0.39, 0.29) is 0 Å². The van der Waals surface area contributed by atoms with E-state index in [4.69, 9.17) is 9.47 Å². The van der Waals surface area contributed by atoms with Gasteiger partial charge in [0.15, 0.2) is 5.01 Å². The number of hydrogen-bond donors (Lipinski definition) is 1. The van der Waals surface area contributed by atoms with Gasteiger partial charge in [-0.25, -0.2) is 0 Å². The molecule has 0 radical (unpaired) electrons. The molecule has 0 unspecified atom stereocenters. The van der Waals surface area contributed by atoms with Gasteiger partial charge in [-0.3, -0.25) is 0 Å². The van der Waals surface area contributed by atoms with Crippen LogP contribution in [0, 0.1) is 0 Å². The van der Waals surface area contributed by atoms with Gasteiger partial charge in [-0.2, -0.15) is 0 Å². The number of benzene rings is 1. The summed E-state index contributed by atoms with van der Waals surface area (Å²) in [6.45, 7) is 2.46. The van der Waals surface area contributed by atoms with Crippen LogP contribution in [0.4, 0.5) is 0 Å². The van der Waals surface area contributed by atoms with Crippen molar-refractivity contribution in [1.82, 2.24) is 15.5 Å². The average Bonchev–Trinajstić information content (AvgIpc) is 2.95. The van der Waals surface area contributed by atoms with Crippen molar-refractivity contribution in [2.24, 2.45) is 0 Å². The third kappa shape index (κ3) is 4.00. The topological polar surface area (TPSA) is 56.3 Å². The second-order valence-corrected chi connectivity index (χ2v) is 5.26. The van der Waals surface area contributed by atoms with Gasteiger partial charge < -0.3 is 14.8 Å². The Kier molecular flexibility index (Phi) is 5.91. The number of rotatable bonds is 8. The minimum Gasteiger partial charge on any atom is -0.496 e. The predicted molar refractivity (Wildman–Crippen MR) is 80.3 cm³/mol. The maximum atomic E-state index is 5.35. The molecule has 1 N–H and O–H groups in total. The Hall–Kier alpha value is -1.50. The fourth-order valence-electron chi connectivity index (χ4n) is 1.78. The van der Waals surface area contributed by atoms with E-state index in [1.807, 2.05) is 24.3 Å². The van der Waals surface area contributed by atoms with Crippen molar-refractivity contribution >= 4 is 11.3 Å². The Morgan fingerprint density at radius 2 is 2.00 bits per heavy atom. The molecule has 1 heterocycles. The molecule has 1 aromatic heterocycles. The van der Waals surface area contributed by atoms with Crippen LogP contribution in [0.15, 0.2) is 24.3 Å². The zero-order valence-corrected chi connectivity index (χ0v) is 12.6. The molecule has 6 heteroatoms. The van der Waals surface area contributed by atoms with Crippen LogP contribution in [-0.4, -0.2) is 44.1 Å². The van der Waals surface area contributed by atoms with Crippen molar-refractivity contribution in [3.05, 3.63) is 29.3 Å². The molecule has 0 fully saturated rings. The average molecular weight is 293 g/mol. The lowest BCUT2D eigenvalue weighted by molar-refractivity contribution is 0.199. The van der Waals surface area contributed by atoms with Crippen molar-refractivity contribution in [3.63, 3.8) is 0 Å². The first kappa shape index (κ1) is 14.9. The highest BCUT2D eigenvalue weighted by atomic mass is 32.1. The molecule has 0 aliphatic heterocycles. The van der Waals surface area contributed by atoms with Crippen LogP contribution < -0.4 is 10.1 Å². The molecular weight excluding hydrogens is 274 g/mol. The first-order valence-electron chi connectivity index (χ1n) is 6.50. The van der Waals surface area contributed by atoms with Gasteiger partial charge in [0.05, 0.1) is 19.3 Å². The highest BCUT2D eigenvalue weighted by Gasteiger charge is 2.10. The maximum Gasteiger partial charge on any atom is 0.151 e. The summed E-state index contributed by atoms with van der Waals surface area (Å²) >= 11 is 1.61. The fraction of sp³-hybridized carbons (Fsp3) is 0.429. The van der Waals surface area contributed by atoms with E-state index in [1.54, 1.807) is 25.6 Å². The van der Waals surface area contributed by atoms with Crippen LogP contribution in [0.25, 0.3) is 10.6 Å². The Morgan fingerprint density at radius 1 is 1.15 bits per heavy atom. The quantitative estimate of drug-likeness (QED) is 0.754. The summed E-state index contributed by atoms with van der Waals surface area (Å²) < 4.78 is 10.3. The summed E-state index contributed by atoms with van der Waals surface area (Å²) in [4.78, 5) is 0. The second kappa shape index (κ2) is 7.94. The first-order valence-corrected chi connectivity index (χ1v) is 7.32. The normalized spacial score (nSPS) is 10.7. The Bertz CT molecular complexity index is 531. The minimum atomic E-state index is 0.725. The summed E-state index contributed by atoms with van der Waals surface area (Å²) in [5.41, 5.74) is 0.992. The van der Waals surface area contributed by atoms with Crippen molar-refractivity contribution in [3.8, 4) is 16.3 Å². The molecule has 0 bridgehead atoms. The second-order valence-electron chi connectivity index (χ2n) is 4.19. The van der Waals surface area contributed by atoms with E-state index in [0.29, 0.717) is 0 Å². The van der Waals surface area contributed by atoms with Gasteiger partial charge in [-0.15, -0.1) is 10.2 Å². The van der Waals surface area contributed by atoms with Crippen LogP contribution in [0.2, 0.25) is 0 Å². The lowest BCUT2D eigenvalue weighted by Gasteiger charge is -2.03. The third-order valence-electron chi connectivity index (χ3n) is 2.80. The summed E-state index contributed by atoms with van der Waals surface area (Å²) in [5, 5.41) is 13.7. The Labute approximate surface area is 123 Å². The Morgan fingerprint density at radius 3 is 2.80 bits per heavy atom. The van der Waals surface area contributed by atoms with E-state index in [0.717, 1.165) is 47.4 Å². The number of ether oxygens (including phenoxy) is 2. The van der Waals surface area contributed by atoms with Crippen LogP contribution in [0.1, 0.15) is 5.01 Å². The van der Waals surface area contributed by atoms with Gasteiger partial charge in [-0.05, 0) is 12.1 Å². The smallest absolute Gasteiger partial charge is 0.151 e. The zero-order chi connectivity index (χ0) is 14.2. The SMILES string of the molecule is COCCNCCc1nnc(-c2ccccc2OC)s1. The molecule has 0 aliphatic carbocycles. The number of nitrogens with one attached hydrogen (secondary N) is 1. The monoisotopic (exact) mass is 293 g/mol. The lowest BCUT2D eigenvalue weighted by Crippen LogP contribution is -2.21. The van der Waals surface area contributed by atoms with Crippen LogP contribution in [0.3, 0.4) is 0 Å². The van der Waals surface area contributed by atoms with E-state index in [9.17, 15) is 0 Å². The van der Waals surface area contributed by atoms with Gasteiger partial charge in [0.2, 0.25) is 0 Å². The molecule has 5 nitrogen and oxygen atoms in total. The number of hydrogen-bond acceptors (Lipinski definition) is 6. The third-order valence-corrected chi connectivity index (χ3v) is 3.82. The Balaban J connectivity index is 1.95. The molecule has 1 aromatic carbocycles.